The van der Waals surface area contributed by atoms with E-state index < -0.39 is 0 Å². The fraction of sp³-hybridized carbons (Fsp3) is 0.269. The molecule has 1 saturated heterocycles. The lowest BCUT2D eigenvalue weighted by atomic mass is 10.1. The second-order valence-electron chi connectivity index (χ2n) is 8.21. The Morgan fingerprint density at radius 3 is 2.47 bits per heavy atom. The maximum atomic E-state index is 5.30. The van der Waals surface area contributed by atoms with Crippen molar-refractivity contribution in [3.8, 4) is 11.4 Å². The first-order valence-electron chi connectivity index (χ1n) is 11.5. The first-order valence-corrected chi connectivity index (χ1v) is 12.3. The summed E-state index contributed by atoms with van der Waals surface area (Å²) in [6.07, 6.45) is 4.45. The molecule has 0 aliphatic carbocycles. The quantitative estimate of drug-likeness (QED) is 0.384. The van der Waals surface area contributed by atoms with Crippen molar-refractivity contribution in [3.05, 3.63) is 94.5 Å². The van der Waals surface area contributed by atoms with E-state index in [0.29, 0.717) is 0 Å². The molecule has 34 heavy (non-hydrogen) atoms. The maximum absolute atomic E-state index is 5.30. The van der Waals surface area contributed by atoms with Crippen molar-refractivity contribution >= 4 is 17.4 Å². The van der Waals surface area contributed by atoms with Gasteiger partial charge < -0.3 is 4.74 Å². The number of rotatable bonds is 8. The number of nitrogens with zero attached hydrogens (tertiary/aromatic N) is 6. The molecule has 2 aromatic heterocycles. The van der Waals surface area contributed by atoms with E-state index in [4.69, 9.17) is 4.74 Å². The zero-order chi connectivity index (χ0) is 23.2. The minimum absolute atomic E-state index is 0.0131. The molecule has 0 amide bonds. The molecule has 2 aromatic carbocycles. The van der Waals surface area contributed by atoms with Gasteiger partial charge in [0.05, 0.1) is 12.8 Å². The van der Waals surface area contributed by atoms with Crippen molar-refractivity contribution in [1.29, 1.82) is 0 Å². The van der Waals surface area contributed by atoms with Crippen LogP contribution in [0.5, 0.6) is 5.75 Å². The Balaban J connectivity index is 1.31. The number of piperazine rings is 1. The minimum Gasteiger partial charge on any atom is -0.497 e. The Kier molecular flexibility index (Phi) is 7.09. The van der Waals surface area contributed by atoms with Gasteiger partial charge >= 0.3 is 0 Å². The Labute approximate surface area is 203 Å². The van der Waals surface area contributed by atoms with Gasteiger partial charge in [0.1, 0.15) is 11.8 Å². The number of tetrazole rings is 1. The normalized spacial score (nSPS) is 16.1. The number of hydrogen-bond acceptors (Lipinski definition) is 7. The zero-order valence-electron chi connectivity index (χ0n) is 19.2. The topological polar surface area (TPSA) is 59.3 Å². The summed E-state index contributed by atoms with van der Waals surface area (Å²) in [6.45, 7) is 4.88. The van der Waals surface area contributed by atoms with Crippen LogP contribution in [0.1, 0.15) is 22.3 Å². The fourth-order valence-corrected chi connectivity index (χ4v) is 5.15. The minimum atomic E-state index is 0.0131. The second-order valence-corrected chi connectivity index (χ2v) is 9.19. The highest BCUT2D eigenvalue weighted by Crippen LogP contribution is 2.32. The molecule has 0 N–H and O–H groups in total. The average Bonchev–Trinajstić information content (AvgIpc) is 3.59. The Bertz CT molecular complexity index is 1180. The summed E-state index contributed by atoms with van der Waals surface area (Å²) in [6, 6.07) is 22.6. The molecule has 0 spiro atoms. The van der Waals surface area contributed by atoms with Crippen LogP contribution in [-0.2, 0) is 0 Å². The van der Waals surface area contributed by atoms with Crippen LogP contribution in [0.15, 0.2) is 78.2 Å². The molecule has 1 unspecified atom stereocenters. The number of thiophene rings is 1. The van der Waals surface area contributed by atoms with Crippen LogP contribution in [0.3, 0.4) is 0 Å². The first-order chi connectivity index (χ1) is 16.8. The van der Waals surface area contributed by atoms with Crippen molar-refractivity contribution < 1.29 is 4.74 Å². The molecule has 0 radical (unpaired) electrons. The highest BCUT2D eigenvalue weighted by atomic mass is 32.1. The third-order valence-electron chi connectivity index (χ3n) is 6.11. The van der Waals surface area contributed by atoms with E-state index >= 15 is 0 Å². The molecule has 8 heteroatoms. The Morgan fingerprint density at radius 2 is 1.76 bits per heavy atom. The number of aromatic nitrogens is 4. The van der Waals surface area contributed by atoms with Gasteiger partial charge in [-0.25, -0.2) is 0 Å². The van der Waals surface area contributed by atoms with Crippen molar-refractivity contribution in [1.82, 2.24) is 30.0 Å². The van der Waals surface area contributed by atoms with Gasteiger partial charge in [0.25, 0.3) is 0 Å². The molecule has 4 aromatic rings. The largest absolute Gasteiger partial charge is 0.497 e. The summed E-state index contributed by atoms with van der Waals surface area (Å²) in [5.41, 5.74) is 2.16. The van der Waals surface area contributed by atoms with Gasteiger partial charge in [-0.1, -0.05) is 48.6 Å². The number of methoxy groups -OCH3 is 1. The van der Waals surface area contributed by atoms with E-state index in [1.54, 1.807) is 18.4 Å². The van der Waals surface area contributed by atoms with Crippen molar-refractivity contribution in [3.63, 3.8) is 0 Å². The molecular weight excluding hydrogens is 444 g/mol. The fourth-order valence-electron chi connectivity index (χ4n) is 4.30. The van der Waals surface area contributed by atoms with Gasteiger partial charge in [-0.05, 0) is 51.7 Å². The molecule has 0 saturated carbocycles. The van der Waals surface area contributed by atoms with Gasteiger partial charge in [-0.2, -0.15) is 4.68 Å². The molecular formula is C26H28N6OS. The summed E-state index contributed by atoms with van der Waals surface area (Å²) in [5.74, 6) is 1.65. The highest BCUT2D eigenvalue weighted by molar-refractivity contribution is 7.10. The lowest BCUT2D eigenvalue weighted by Gasteiger charge is -2.38. The lowest BCUT2D eigenvalue weighted by Crippen LogP contribution is -2.48. The molecule has 5 rings (SSSR count). The zero-order valence-corrected chi connectivity index (χ0v) is 20.0. The maximum Gasteiger partial charge on any atom is 0.179 e. The lowest BCUT2D eigenvalue weighted by molar-refractivity contribution is 0.115. The molecule has 1 aliphatic rings. The number of benzene rings is 2. The van der Waals surface area contributed by atoms with Gasteiger partial charge in [0.15, 0.2) is 5.82 Å². The molecule has 7 nitrogen and oxygen atoms in total. The summed E-state index contributed by atoms with van der Waals surface area (Å²) >= 11 is 1.75. The van der Waals surface area contributed by atoms with E-state index in [-0.39, 0.29) is 6.04 Å². The predicted molar refractivity (Wildman–Crippen MR) is 135 cm³/mol. The summed E-state index contributed by atoms with van der Waals surface area (Å²) < 4.78 is 7.15. The van der Waals surface area contributed by atoms with E-state index in [9.17, 15) is 0 Å². The first kappa shape index (κ1) is 22.5. The van der Waals surface area contributed by atoms with E-state index in [2.05, 4.69) is 79.3 Å². The summed E-state index contributed by atoms with van der Waals surface area (Å²) in [7, 11) is 1.67. The van der Waals surface area contributed by atoms with Crippen LogP contribution >= 0.6 is 11.3 Å². The van der Waals surface area contributed by atoms with Crippen LogP contribution in [-0.4, -0.2) is 69.8 Å². The van der Waals surface area contributed by atoms with Crippen LogP contribution in [0.2, 0.25) is 0 Å². The van der Waals surface area contributed by atoms with Crippen LogP contribution in [0.25, 0.3) is 11.8 Å². The predicted octanol–water partition coefficient (Wildman–Crippen LogP) is 4.15. The SMILES string of the molecule is COc1ccc(-n2nnnc2C(c2cccs2)N2CCN(C/C=C/c3ccccc3)CC2)cc1. The van der Waals surface area contributed by atoms with Gasteiger partial charge in [-0.15, -0.1) is 16.4 Å². The molecule has 0 bridgehead atoms. The van der Waals surface area contributed by atoms with E-state index in [1.807, 2.05) is 35.0 Å². The Hall–Kier alpha value is -3.33. The Morgan fingerprint density at radius 1 is 0.971 bits per heavy atom. The van der Waals surface area contributed by atoms with Crippen molar-refractivity contribution in [2.45, 2.75) is 6.04 Å². The molecule has 1 aliphatic heterocycles. The van der Waals surface area contributed by atoms with Crippen molar-refractivity contribution in [2.24, 2.45) is 0 Å². The smallest absolute Gasteiger partial charge is 0.179 e. The van der Waals surface area contributed by atoms with Gasteiger partial charge in [0.2, 0.25) is 0 Å². The average molecular weight is 473 g/mol. The molecule has 3 heterocycles. The van der Waals surface area contributed by atoms with E-state index in [1.165, 1.54) is 10.4 Å². The molecule has 1 atom stereocenters. The van der Waals surface area contributed by atoms with Crippen molar-refractivity contribution in [2.75, 3.05) is 39.8 Å². The number of hydrogen-bond donors (Lipinski definition) is 0. The highest BCUT2D eigenvalue weighted by Gasteiger charge is 2.31. The van der Waals surface area contributed by atoms with E-state index in [0.717, 1.165) is 50.0 Å². The van der Waals surface area contributed by atoms with Crippen LogP contribution < -0.4 is 4.74 Å². The van der Waals surface area contributed by atoms with Crippen LogP contribution in [0.4, 0.5) is 0 Å². The van der Waals surface area contributed by atoms with Gasteiger partial charge in [-0.3, -0.25) is 9.80 Å². The molecule has 1 fully saturated rings. The monoisotopic (exact) mass is 472 g/mol. The van der Waals surface area contributed by atoms with Crippen LogP contribution in [0, 0.1) is 0 Å². The molecule has 174 valence electrons. The third kappa shape index (κ3) is 5.09. The third-order valence-corrected chi connectivity index (χ3v) is 7.04. The second kappa shape index (κ2) is 10.7. The standard InChI is InChI=1S/C26H28N6OS/c1-33-23-13-11-22(12-14-23)32-26(27-28-29-32)25(24-10-6-20-34-24)31-18-16-30(17-19-31)15-5-9-21-7-3-2-4-8-21/h2-14,20,25H,15-19H2,1H3/b9-5+. The van der Waals surface area contributed by atoms with Gasteiger partial charge in [0, 0.05) is 37.6 Å². The summed E-state index contributed by atoms with van der Waals surface area (Å²) in [5, 5.41) is 15.0. The number of ether oxygens (including phenoxy) is 1. The summed E-state index contributed by atoms with van der Waals surface area (Å²) in [4.78, 5) is 6.24.